The van der Waals surface area contributed by atoms with Crippen LogP contribution in [0.2, 0.25) is 5.02 Å². The van der Waals surface area contributed by atoms with Crippen molar-refractivity contribution in [2.45, 2.75) is 38.2 Å². The number of halogens is 2. The molecule has 0 radical (unpaired) electrons. The quantitative estimate of drug-likeness (QED) is 0.838. The molecule has 3 heteroatoms. The second-order valence-electron chi connectivity index (χ2n) is 4.51. The maximum Gasteiger partial charge on any atom is 0.0829 e. The van der Waals surface area contributed by atoms with Gasteiger partial charge in [-0.15, -0.1) is 0 Å². The number of rotatable bonds is 2. The highest BCUT2D eigenvalue weighted by molar-refractivity contribution is 9.10. The third-order valence-corrected chi connectivity index (χ3v) is 4.33. The van der Waals surface area contributed by atoms with Crippen molar-refractivity contribution in [2.75, 3.05) is 0 Å². The maximum atomic E-state index is 10.4. The van der Waals surface area contributed by atoms with E-state index in [0.29, 0.717) is 10.9 Å². The van der Waals surface area contributed by atoms with Crippen LogP contribution < -0.4 is 0 Å². The molecular weight excluding hydrogens is 287 g/mol. The third kappa shape index (κ3) is 2.79. The lowest BCUT2D eigenvalue weighted by atomic mass is 9.83. The number of benzene rings is 1. The van der Waals surface area contributed by atoms with Crippen LogP contribution in [0.5, 0.6) is 0 Å². The van der Waals surface area contributed by atoms with Crippen LogP contribution in [0.15, 0.2) is 22.7 Å². The molecule has 1 N–H and O–H groups in total. The molecule has 1 unspecified atom stereocenters. The minimum Gasteiger partial charge on any atom is -0.388 e. The molecule has 16 heavy (non-hydrogen) atoms. The van der Waals surface area contributed by atoms with E-state index in [2.05, 4.69) is 15.9 Å². The summed E-state index contributed by atoms with van der Waals surface area (Å²) in [6.45, 7) is 0. The molecule has 1 atom stereocenters. The highest BCUT2D eigenvalue weighted by Crippen LogP contribution is 2.37. The summed E-state index contributed by atoms with van der Waals surface area (Å²) in [7, 11) is 0. The minimum absolute atomic E-state index is 0.381. The lowest BCUT2D eigenvalue weighted by molar-refractivity contribution is 0.0842. The number of hydrogen-bond acceptors (Lipinski definition) is 1. The summed E-state index contributed by atoms with van der Waals surface area (Å²) in [4.78, 5) is 0. The van der Waals surface area contributed by atoms with Crippen molar-refractivity contribution in [1.29, 1.82) is 0 Å². The Morgan fingerprint density at radius 3 is 2.62 bits per heavy atom. The summed E-state index contributed by atoms with van der Waals surface area (Å²) >= 11 is 9.45. The van der Waals surface area contributed by atoms with Gasteiger partial charge in [-0.1, -0.05) is 46.8 Å². The summed E-state index contributed by atoms with van der Waals surface area (Å²) < 4.78 is 0.954. The summed E-state index contributed by atoms with van der Waals surface area (Å²) in [5.41, 5.74) is 0.930. The molecule has 0 saturated heterocycles. The predicted molar refractivity (Wildman–Crippen MR) is 70.7 cm³/mol. The van der Waals surface area contributed by atoms with E-state index in [0.717, 1.165) is 22.9 Å². The smallest absolute Gasteiger partial charge is 0.0829 e. The first-order valence-corrected chi connectivity index (χ1v) is 6.98. The standard InChI is InChI=1S/C13H16BrClO/c14-12-7-6-10(15)8-11(12)13(16)9-4-2-1-3-5-9/h6-9,13,16H,1-5H2. The van der Waals surface area contributed by atoms with Crippen LogP contribution in [-0.4, -0.2) is 5.11 Å². The van der Waals surface area contributed by atoms with Crippen LogP contribution in [0.3, 0.4) is 0 Å². The average Bonchev–Trinajstić information content (AvgIpc) is 2.32. The summed E-state index contributed by atoms with van der Waals surface area (Å²) in [6.07, 6.45) is 5.65. The second kappa shape index (κ2) is 5.52. The largest absolute Gasteiger partial charge is 0.388 e. The van der Waals surface area contributed by atoms with Crippen molar-refractivity contribution in [3.8, 4) is 0 Å². The Hall–Kier alpha value is -0.0500. The van der Waals surface area contributed by atoms with Gasteiger partial charge in [0.15, 0.2) is 0 Å². The van der Waals surface area contributed by atoms with Crippen LogP contribution >= 0.6 is 27.5 Å². The Morgan fingerprint density at radius 1 is 1.25 bits per heavy atom. The minimum atomic E-state index is -0.381. The zero-order valence-corrected chi connectivity index (χ0v) is 11.5. The van der Waals surface area contributed by atoms with Crippen molar-refractivity contribution in [2.24, 2.45) is 5.92 Å². The fourth-order valence-electron chi connectivity index (χ4n) is 2.45. The van der Waals surface area contributed by atoms with Gasteiger partial charge < -0.3 is 5.11 Å². The molecule has 1 aromatic carbocycles. The van der Waals surface area contributed by atoms with E-state index in [9.17, 15) is 5.11 Å². The van der Waals surface area contributed by atoms with Gasteiger partial charge >= 0.3 is 0 Å². The molecule has 1 nitrogen and oxygen atoms in total. The summed E-state index contributed by atoms with van der Waals surface area (Å²) in [6, 6.07) is 5.61. The zero-order valence-electron chi connectivity index (χ0n) is 9.13. The molecule has 1 aliphatic carbocycles. The van der Waals surface area contributed by atoms with E-state index in [4.69, 9.17) is 11.6 Å². The van der Waals surface area contributed by atoms with E-state index < -0.39 is 0 Å². The Morgan fingerprint density at radius 2 is 1.94 bits per heavy atom. The van der Waals surface area contributed by atoms with Gasteiger partial charge in [-0.3, -0.25) is 0 Å². The fourth-order valence-corrected chi connectivity index (χ4v) is 3.11. The molecule has 0 spiro atoms. The second-order valence-corrected chi connectivity index (χ2v) is 5.80. The first-order chi connectivity index (χ1) is 7.68. The van der Waals surface area contributed by atoms with Gasteiger partial charge in [-0.25, -0.2) is 0 Å². The molecule has 0 bridgehead atoms. The zero-order chi connectivity index (χ0) is 11.5. The van der Waals surface area contributed by atoms with Crippen molar-refractivity contribution in [3.63, 3.8) is 0 Å². The van der Waals surface area contributed by atoms with Gasteiger partial charge in [0.05, 0.1) is 6.10 Å². The van der Waals surface area contributed by atoms with E-state index in [1.54, 1.807) is 0 Å². The van der Waals surface area contributed by atoms with Crippen LogP contribution in [0, 0.1) is 5.92 Å². The van der Waals surface area contributed by atoms with E-state index >= 15 is 0 Å². The Labute approximate surface area is 110 Å². The summed E-state index contributed by atoms with van der Waals surface area (Å²) in [5, 5.41) is 11.0. The SMILES string of the molecule is OC(c1cc(Cl)ccc1Br)C1CCCCC1. The van der Waals surface area contributed by atoms with Crippen LogP contribution in [0.25, 0.3) is 0 Å². The first-order valence-electron chi connectivity index (χ1n) is 5.81. The first kappa shape index (κ1) is 12.4. The number of aliphatic hydroxyl groups excluding tert-OH is 1. The fraction of sp³-hybridized carbons (Fsp3) is 0.538. The monoisotopic (exact) mass is 302 g/mol. The van der Waals surface area contributed by atoms with Gasteiger partial charge in [0.2, 0.25) is 0 Å². The Bertz CT molecular complexity index is 361. The highest BCUT2D eigenvalue weighted by Gasteiger charge is 2.24. The van der Waals surface area contributed by atoms with Crippen molar-refractivity contribution in [1.82, 2.24) is 0 Å². The molecule has 0 aliphatic heterocycles. The summed E-state index contributed by atoms with van der Waals surface area (Å²) in [5.74, 6) is 0.392. The van der Waals surface area contributed by atoms with Gasteiger partial charge in [0.1, 0.15) is 0 Å². The van der Waals surface area contributed by atoms with Crippen molar-refractivity contribution in [3.05, 3.63) is 33.3 Å². The predicted octanol–water partition coefficient (Wildman–Crippen LogP) is 4.72. The lowest BCUT2D eigenvalue weighted by Crippen LogP contribution is -2.16. The Kier molecular flexibility index (Phi) is 4.28. The lowest BCUT2D eigenvalue weighted by Gasteiger charge is -2.27. The topological polar surface area (TPSA) is 20.2 Å². The molecule has 1 fully saturated rings. The van der Waals surface area contributed by atoms with Crippen LogP contribution in [0.4, 0.5) is 0 Å². The van der Waals surface area contributed by atoms with Crippen molar-refractivity contribution < 1.29 is 5.11 Å². The van der Waals surface area contributed by atoms with E-state index in [1.165, 1.54) is 19.3 Å². The third-order valence-electron chi connectivity index (χ3n) is 3.37. The van der Waals surface area contributed by atoms with Gasteiger partial charge in [0, 0.05) is 9.50 Å². The number of hydrogen-bond donors (Lipinski definition) is 1. The van der Waals surface area contributed by atoms with E-state index in [1.807, 2.05) is 18.2 Å². The van der Waals surface area contributed by atoms with Crippen LogP contribution in [0.1, 0.15) is 43.8 Å². The highest BCUT2D eigenvalue weighted by atomic mass is 79.9. The molecule has 2 rings (SSSR count). The van der Waals surface area contributed by atoms with Gasteiger partial charge in [-0.05, 0) is 42.5 Å². The van der Waals surface area contributed by atoms with Crippen LogP contribution in [-0.2, 0) is 0 Å². The average molecular weight is 304 g/mol. The molecular formula is C13H16BrClO. The number of aliphatic hydroxyl groups is 1. The van der Waals surface area contributed by atoms with E-state index in [-0.39, 0.29) is 6.10 Å². The molecule has 0 heterocycles. The molecule has 1 aliphatic rings. The molecule has 88 valence electrons. The normalized spacial score (nSPS) is 19.7. The Balaban J connectivity index is 2.18. The van der Waals surface area contributed by atoms with Crippen molar-refractivity contribution >= 4 is 27.5 Å². The van der Waals surface area contributed by atoms with Gasteiger partial charge in [0.25, 0.3) is 0 Å². The molecule has 1 saturated carbocycles. The molecule has 0 amide bonds. The molecule has 1 aromatic rings. The van der Waals surface area contributed by atoms with Gasteiger partial charge in [-0.2, -0.15) is 0 Å². The maximum absolute atomic E-state index is 10.4. The molecule has 0 aromatic heterocycles.